The van der Waals surface area contributed by atoms with Crippen LogP contribution in [0, 0.1) is 12.7 Å². The number of carbonyl (C=O) groups excluding carboxylic acids is 2. The number of thiazole rings is 1. The fourth-order valence-electron chi connectivity index (χ4n) is 7.66. The fraction of sp³-hybridized carbons (Fsp3) is 0.450. The highest BCUT2D eigenvalue weighted by Gasteiger charge is 2.28. The average molecular weight is 711 g/mol. The Bertz CT molecular complexity index is 1790. The average Bonchev–Trinajstić information content (AvgIpc) is 3.86. The summed E-state index contributed by atoms with van der Waals surface area (Å²) >= 11 is 1.45. The van der Waals surface area contributed by atoms with E-state index in [0.29, 0.717) is 24.3 Å². The zero-order chi connectivity index (χ0) is 35.2. The quantitative estimate of drug-likeness (QED) is 0.173. The molecule has 0 bridgehead atoms. The van der Waals surface area contributed by atoms with Crippen molar-refractivity contribution in [3.63, 3.8) is 0 Å². The van der Waals surface area contributed by atoms with E-state index in [9.17, 15) is 14.0 Å². The molecule has 2 aromatic heterocycles. The standard InChI is InChI=1S/C40H47FN6O3S/c1-27-43-37(26-51-27)39(49)45-33-13-11-32(12-14-33)44-38(48)36-24-31(41)25-42-40(36)50-35-6-4-5-30(23-35)29-9-7-28(8-10-29)15-20-46-21-16-34(17-22-46)47-18-2-3-19-47/h4-10,23-26,32-34H,2-3,11-22H2,1H3,(H,44,48)(H,45,49). The van der Waals surface area contributed by atoms with Crippen LogP contribution >= 0.6 is 11.3 Å². The third-order valence-corrected chi connectivity index (χ3v) is 11.4. The molecular weight excluding hydrogens is 664 g/mol. The third kappa shape index (κ3) is 9.19. The molecule has 4 aromatic rings. The zero-order valence-corrected chi connectivity index (χ0v) is 30.1. The van der Waals surface area contributed by atoms with E-state index in [1.54, 1.807) is 11.4 Å². The predicted molar refractivity (Wildman–Crippen MR) is 198 cm³/mol. The van der Waals surface area contributed by atoms with Gasteiger partial charge in [0.1, 0.15) is 22.8 Å². The van der Waals surface area contributed by atoms with Gasteiger partial charge in [0, 0.05) is 30.1 Å². The van der Waals surface area contributed by atoms with E-state index in [-0.39, 0.29) is 29.4 Å². The lowest BCUT2D eigenvalue weighted by Crippen LogP contribution is -2.44. The van der Waals surface area contributed by atoms with Crippen molar-refractivity contribution >= 4 is 23.2 Å². The van der Waals surface area contributed by atoms with Crippen molar-refractivity contribution in [3.8, 4) is 22.8 Å². The third-order valence-electron chi connectivity index (χ3n) is 10.6. The molecule has 268 valence electrons. The van der Waals surface area contributed by atoms with Crippen LogP contribution in [0.15, 0.2) is 66.2 Å². The van der Waals surface area contributed by atoms with Crippen LogP contribution in [-0.2, 0) is 6.42 Å². The molecular formula is C40H47FN6O3S. The van der Waals surface area contributed by atoms with Crippen molar-refractivity contribution in [2.75, 3.05) is 32.7 Å². The summed E-state index contributed by atoms with van der Waals surface area (Å²) in [5, 5.41) is 8.70. The highest BCUT2D eigenvalue weighted by atomic mass is 32.1. The summed E-state index contributed by atoms with van der Waals surface area (Å²) in [6.45, 7) is 7.91. The molecule has 0 spiro atoms. The molecule has 0 radical (unpaired) electrons. The molecule has 2 aliphatic heterocycles. The van der Waals surface area contributed by atoms with Gasteiger partial charge in [-0.15, -0.1) is 11.3 Å². The van der Waals surface area contributed by atoms with E-state index in [4.69, 9.17) is 4.74 Å². The van der Waals surface area contributed by atoms with E-state index >= 15 is 0 Å². The number of benzene rings is 2. The number of aryl methyl sites for hydroxylation is 1. The van der Waals surface area contributed by atoms with Crippen molar-refractivity contribution in [2.45, 2.75) is 82.8 Å². The zero-order valence-electron chi connectivity index (χ0n) is 29.3. The number of amides is 2. The second-order valence-corrected chi connectivity index (χ2v) is 15.2. The van der Waals surface area contributed by atoms with Gasteiger partial charge in [-0.1, -0.05) is 36.4 Å². The number of piperidine rings is 1. The Morgan fingerprint density at radius 1 is 0.882 bits per heavy atom. The van der Waals surface area contributed by atoms with Gasteiger partial charge in [-0.05, 0) is 126 Å². The van der Waals surface area contributed by atoms with Gasteiger partial charge in [-0.3, -0.25) is 9.59 Å². The molecule has 9 nitrogen and oxygen atoms in total. The number of likely N-dealkylation sites (tertiary alicyclic amines) is 2. The molecule has 2 saturated heterocycles. The predicted octanol–water partition coefficient (Wildman–Crippen LogP) is 7.02. The maximum atomic E-state index is 14.3. The largest absolute Gasteiger partial charge is 0.438 e. The lowest BCUT2D eigenvalue weighted by Gasteiger charge is -2.36. The minimum absolute atomic E-state index is 0.0123. The first kappa shape index (κ1) is 35.2. The van der Waals surface area contributed by atoms with Crippen LogP contribution in [0.4, 0.5) is 4.39 Å². The molecule has 4 heterocycles. The molecule has 2 aromatic carbocycles. The second-order valence-electron chi connectivity index (χ2n) is 14.1. The number of halogens is 1. The van der Waals surface area contributed by atoms with Crippen LogP contribution in [0.25, 0.3) is 11.1 Å². The minimum Gasteiger partial charge on any atom is -0.438 e. The van der Waals surface area contributed by atoms with Gasteiger partial charge in [-0.25, -0.2) is 14.4 Å². The first-order valence-electron chi connectivity index (χ1n) is 18.4. The van der Waals surface area contributed by atoms with E-state index in [0.717, 1.165) is 60.2 Å². The van der Waals surface area contributed by atoms with E-state index < -0.39 is 11.7 Å². The second kappa shape index (κ2) is 16.4. The number of aromatic nitrogens is 2. The number of pyridine rings is 1. The van der Waals surface area contributed by atoms with Gasteiger partial charge in [0.2, 0.25) is 5.88 Å². The molecule has 3 aliphatic rings. The summed E-state index contributed by atoms with van der Waals surface area (Å²) in [5.74, 6) is -0.671. The molecule has 7 rings (SSSR count). The van der Waals surface area contributed by atoms with Crippen molar-refractivity contribution in [1.29, 1.82) is 0 Å². The van der Waals surface area contributed by atoms with Crippen LogP contribution in [0.5, 0.6) is 11.6 Å². The summed E-state index contributed by atoms with van der Waals surface area (Å²) in [7, 11) is 0. The molecule has 51 heavy (non-hydrogen) atoms. The Morgan fingerprint density at radius 3 is 2.27 bits per heavy atom. The number of hydrogen-bond donors (Lipinski definition) is 2. The van der Waals surface area contributed by atoms with Crippen LogP contribution in [0.2, 0.25) is 0 Å². The van der Waals surface area contributed by atoms with Crippen molar-refractivity contribution in [2.24, 2.45) is 0 Å². The van der Waals surface area contributed by atoms with E-state index in [1.807, 2.05) is 25.1 Å². The number of ether oxygens (including phenoxy) is 1. The Kier molecular flexibility index (Phi) is 11.4. The first-order valence-corrected chi connectivity index (χ1v) is 19.3. The Hall–Kier alpha value is -4.19. The SMILES string of the molecule is Cc1nc(C(=O)NC2CCC(NC(=O)c3cc(F)cnc3Oc3cccc(-c4ccc(CCN5CCC(N6CCCC6)CC5)cc4)c3)CC2)cs1. The molecule has 2 amide bonds. The molecule has 2 N–H and O–H groups in total. The van der Waals surface area contributed by atoms with Crippen molar-refractivity contribution in [3.05, 3.63) is 93.8 Å². The molecule has 1 saturated carbocycles. The maximum Gasteiger partial charge on any atom is 0.270 e. The van der Waals surface area contributed by atoms with Gasteiger partial charge in [0.15, 0.2) is 0 Å². The monoisotopic (exact) mass is 710 g/mol. The molecule has 11 heteroatoms. The Morgan fingerprint density at radius 2 is 1.59 bits per heavy atom. The van der Waals surface area contributed by atoms with Crippen LogP contribution in [-0.4, -0.2) is 82.4 Å². The lowest BCUT2D eigenvalue weighted by molar-refractivity contribution is 0.0888. The highest BCUT2D eigenvalue weighted by molar-refractivity contribution is 7.09. The summed E-state index contributed by atoms with van der Waals surface area (Å²) in [4.78, 5) is 39.6. The van der Waals surface area contributed by atoms with Crippen LogP contribution < -0.4 is 15.4 Å². The topological polar surface area (TPSA) is 99.7 Å². The van der Waals surface area contributed by atoms with Crippen molar-refractivity contribution < 1.29 is 18.7 Å². The number of nitrogens with one attached hydrogen (secondary N) is 2. The van der Waals surface area contributed by atoms with Crippen LogP contribution in [0.3, 0.4) is 0 Å². The number of nitrogens with zero attached hydrogens (tertiary/aromatic N) is 4. The fourth-order valence-corrected chi connectivity index (χ4v) is 8.25. The lowest BCUT2D eigenvalue weighted by atomic mass is 9.91. The van der Waals surface area contributed by atoms with E-state index in [2.05, 4.69) is 54.7 Å². The summed E-state index contributed by atoms with van der Waals surface area (Å²) in [6, 6.07) is 18.2. The molecule has 3 fully saturated rings. The number of hydrogen-bond acceptors (Lipinski definition) is 8. The highest BCUT2D eigenvalue weighted by Crippen LogP contribution is 2.30. The van der Waals surface area contributed by atoms with Gasteiger partial charge in [0.25, 0.3) is 11.8 Å². The van der Waals surface area contributed by atoms with Crippen LogP contribution in [0.1, 0.15) is 82.8 Å². The first-order chi connectivity index (χ1) is 24.9. The van der Waals surface area contributed by atoms with Crippen molar-refractivity contribution in [1.82, 2.24) is 30.4 Å². The smallest absolute Gasteiger partial charge is 0.270 e. The van der Waals surface area contributed by atoms with Gasteiger partial charge in [-0.2, -0.15) is 0 Å². The Balaban J connectivity index is 0.913. The van der Waals surface area contributed by atoms with Gasteiger partial charge in [0.05, 0.1) is 11.2 Å². The Labute approximate surface area is 303 Å². The van der Waals surface area contributed by atoms with Gasteiger partial charge < -0.3 is 25.2 Å². The summed E-state index contributed by atoms with van der Waals surface area (Å²) in [5.41, 5.74) is 3.84. The molecule has 0 unspecified atom stereocenters. The maximum absolute atomic E-state index is 14.3. The van der Waals surface area contributed by atoms with Gasteiger partial charge >= 0.3 is 0 Å². The molecule has 0 atom stereocenters. The summed E-state index contributed by atoms with van der Waals surface area (Å²) < 4.78 is 20.5. The summed E-state index contributed by atoms with van der Waals surface area (Å²) in [6.07, 6.45) is 10.2. The number of rotatable bonds is 11. The van der Waals surface area contributed by atoms with E-state index in [1.165, 1.54) is 68.8 Å². The molecule has 1 aliphatic carbocycles. The normalized spacial score (nSPS) is 20.3. The number of carbonyl (C=O) groups is 2. The minimum atomic E-state index is -0.614.